The van der Waals surface area contributed by atoms with E-state index in [0.29, 0.717) is 6.04 Å². The fraction of sp³-hybridized carbons (Fsp3) is 0.667. The highest BCUT2D eigenvalue weighted by Crippen LogP contribution is 2.30. The summed E-state index contributed by atoms with van der Waals surface area (Å²) in [6.45, 7) is 8.59. The van der Waals surface area contributed by atoms with Gasteiger partial charge in [-0.05, 0) is 30.9 Å². The van der Waals surface area contributed by atoms with Gasteiger partial charge in [-0.15, -0.1) is 0 Å². The maximum absolute atomic E-state index is 4.62. The van der Waals surface area contributed by atoms with Crippen molar-refractivity contribution in [2.45, 2.75) is 58.7 Å². The average Bonchev–Trinajstić information content (AvgIpc) is 3.18. The summed E-state index contributed by atoms with van der Waals surface area (Å²) < 4.78 is 0. The molecule has 1 aliphatic carbocycles. The molecule has 1 fully saturated rings. The van der Waals surface area contributed by atoms with Gasteiger partial charge >= 0.3 is 0 Å². The number of anilines is 1. The second-order valence-corrected chi connectivity index (χ2v) is 5.48. The van der Waals surface area contributed by atoms with Crippen molar-refractivity contribution in [2.24, 2.45) is 0 Å². The van der Waals surface area contributed by atoms with Crippen LogP contribution in [0.3, 0.4) is 0 Å². The summed E-state index contributed by atoms with van der Waals surface area (Å²) in [7, 11) is 0. The Morgan fingerprint density at radius 1 is 1.39 bits per heavy atom. The molecule has 0 aliphatic heterocycles. The summed E-state index contributed by atoms with van der Waals surface area (Å²) in [5.41, 5.74) is 1.26. The van der Waals surface area contributed by atoms with Gasteiger partial charge in [-0.3, -0.25) is 0 Å². The average molecular weight is 247 g/mol. The Labute approximate surface area is 111 Å². The summed E-state index contributed by atoms with van der Waals surface area (Å²) in [6, 6.07) is 5.64. The molecule has 0 unspecified atom stereocenters. The van der Waals surface area contributed by atoms with Gasteiger partial charge in [0.05, 0.1) is 0 Å². The third-order valence-electron chi connectivity index (χ3n) is 3.27. The molecule has 100 valence electrons. The van der Waals surface area contributed by atoms with E-state index in [0.717, 1.165) is 24.9 Å². The highest BCUT2D eigenvalue weighted by molar-refractivity contribution is 5.42. The zero-order valence-corrected chi connectivity index (χ0v) is 11.8. The lowest BCUT2D eigenvalue weighted by atomic mass is 10.2. The smallest absolute Gasteiger partial charge is 0.128 e. The van der Waals surface area contributed by atoms with Crippen LogP contribution in [0.1, 0.15) is 45.6 Å². The minimum Gasteiger partial charge on any atom is -0.354 e. The molecule has 0 radical (unpaired) electrons. The molecule has 1 aliphatic rings. The first-order valence-corrected chi connectivity index (χ1v) is 7.15. The maximum atomic E-state index is 4.62. The van der Waals surface area contributed by atoms with E-state index in [1.54, 1.807) is 0 Å². The Morgan fingerprint density at radius 3 is 2.67 bits per heavy atom. The largest absolute Gasteiger partial charge is 0.354 e. The van der Waals surface area contributed by atoms with Gasteiger partial charge in [-0.1, -0.05) is 26.8 Å². The zero-order chi connectivity index (χ0) is 13.0. The molecule has 1 saturated carbocycles. The Hall–Kier alpha value is -1.09. The lowest BCUT2D eigenvalue weighted by Gasteiger charge is -2.23. The van der Waals surface area contributed by atoms with E-state index < -0.39 is 0 Å². The number of nitrogens with one attached hydrogen (secondary N) is 1. The number of rotatable bonds is 7. The molecule has 0 aromatic carbocycles. The fourth-order valence-corrected chi connectivity index (χ4v) is 2.12. The first kappa shape index (κ1) is 13.3. The summed E-state index contributed by atoms with van der Waals surface area (Å²) in [5, 5.41) is 3.42. The van der Waals surface area contributed by atoms with Crippen LogP contribution in [0.25, 0.3) is 0 Å². The van der Waals surface area contributed by atoms with Gasteiger partial charge < -0.3 is 10.2 Å². The van der Waals surface area contributed by atoms with E-state index in [4.69, 9.17) is 0 Å². The number of hydrogen-bond acceptors (Lipinski definition) is 3. The maximum Gasteiger partial charge on any atom is 0.128 e. The Kier molecular flexibility index (Phi) is 4.59. The SMILES string of the molecule is CCCN(c1ccc(CNC(C)C)cn1)C1CC1. The second kappa shape index (κ2) is 6.19. The highest BCUT2D eigenvalue weighted by atomic mass is 15.2. The van der Waals surface area contributed by atoms with Gasteiger partial charge in [-0.2, -0.15) is 0 Å². The minimum atomic E-state index is 0.521. The van der Waals surface area contributed by atoms with Gasteiger partial charge in [0.2, 0.25) is 0 Å². The van der Waals surface area contributed by atoms with Crippen LogP contribution in [-0.2, 0) is 6.54 Å². The molecule has 2 rings (SSSR count). The van der Waals surface area contributed by atoms with Crippen molar-refractivity contribution in [1.82, 2.24) is 10.3 Å². The number of pyridine rings is 1. The summed E-state index contributed by atoms with van der Waals surface area (Å²) in [4.78, 5) is 7.08. The van der Waals surface area contributed by atoms with Crippen LogP contribution in [-0.4, -0.2) is 23.6 Å². The molecule has 1 aromatic heterocycles. The van der Waals surface area contributed by atoms with E-state index in [1.807, 2.05) is 6.20 Å². The van der Waals surface area contributed by atoms with Crippen molar-refractivity contribution in [1.29, 1.82) is 0 Å². The normalized spacial score (nSPS) is 15.1. The van der Waals surface area contributed by atoms with Crippen LogP contribution in [0.15, 0.2) is 18.3 Å². The minimum absolute atomic E-state index is 0.521. The van der Waals surface area contributed by atoms with Crippen molar-refractivity contribution >= 4 is 5.82 Å². The molecule has 1 N–H and O–H groups in total. The molecule has 1 aromatic rings. The molecule has 1 heterocycles. The van der Waals surface area contributed by atoms with Crippen LogP contribution >= 0.6 is 0 Å². The molecule has 0 amide bonds. The summed E-state index contributed by atoms with van der Waals surface area (Å²) in [5.74, 6) is 1.15. The lowest BCUT2D eigenvalue weighted by molar-refractivity contribution is 0.588. The number of hydrogen-bond donors (Lipinski definition) is 1. The highest BCUT2D eigenvalue weighted by Gasteiger charge is 2.29. The summed E-state index contributed by atoms with van der Waals surface area (Å²) >= 11 is 0. The first-order chi connectivity index (χ1) is 8.70. The van der Waals surface area contributed by atoms with Gasteiger partial charge in [0.1, 0.15) is 5.82 Å². The quantitative estimate of drug-likeness (QED) is 0.803. The standard InChI is InChI=1S/C15H25N3/c1-4-9-18(14-6-7-14)15-8-5-13(11-17-15)10-16-12(2)3/h5,8,11-12,14,16H,4,6-7,9-10H2,1-3H3. The predicted octanol–water partition coefficient (Wildman–Crippen LogP) is 2.96. The van der Waals surface area contributed by atoms with E-state index in [9.17, 15) is 0 Å². The Balaban J connectivity index is 1.96. The van der Waals surface area contributed by atoms with E-state index in [1.165, 1.54) is 24.8 Å². The van der Waals surface area contributed by atoms with Gasteiger partial charge in [-0.25, -0.2) is 4.98 Å². The van der Waals surface area contributed by atoms with Crippen LogP contribution in [0, 0.1) is 0 Å². The van der Waals surface area contributed by atoms with Crippen molar-refractivity contribution in [3.63, 3.8) is 0 Å². The van der Waals surface area contributed by atoms with Crippen molar-refractivity contribution < 1.29 is 0 Å². The topological polar surface area (TPSA) is 28.2 Å². The van der Waals surface area contributed by atoms with Crippen LogP contribution in [0.5, 0.6) is 0 Å². The Bertz CT molecular complexity index is 355. The first-order valence-electron chi connectivity index (χ1n) is 7.15. The van der Waals surface area contributed by atoms with Crippen LogP contribution < -0.4 is 10.2 Å². The van der Waals surface area contributed by atoms with Crippen LogP contribution in [0.4, 0.5) is 5.82 Å². The molecular formula is C15H25N3. The van der Waals surface area contributed by atoms with E-state index in [2.05, 4.69) is 48.1 Å². The predicted molar refractivity (Wildman–Crippen MR) is 76.9 cm³/mol. The van der Waals surface area contributed by atoms with Crippen molar-refractivity contribution in [2.75, 3.05) is 11.4 Å². The molecule has 3 nitrogen and oxygen atoms in total. The Morgan fingerprint density at radius 2 is 2.17 bits per heavy atom. The molecular weight excluding hydrogens is 222 g/mol. The van der Waals surface area contributed by atoms with E-state index >= 15 is 0 Å². The third-order valence-corrected chi connectivity index (χ3v) is 3.27. The van der Waals surface area contributed by atoms with Gasteiger partial charge in [0.15, 0.2) is 0 Å². The van der Waals surface area contributed by atoms with Crippen LogP contribution in [0.2, 0.25) is 0 Å². The number of nitrogens with zero attached hydrogens (tertiary/aromatic N) is 2. The van der Waals surface area contributed by atoms with Gasteiger partial charge in [0, 0.05) is 31.4 Å². The van der Waals surface area contributed by atoms with Crippen molar-refractivity contribution in [3.05, 3.63) is 23.9 Å². The third kappa shape index (κ3) is 3.70. The molecule has 0 bridgehead atoms. The monoisotopic (exact) mass is 247 g/mol. The zero-order valence-electron chi connectivity index (χ0n) is 11.8. The second-order valence-electron chi connectivity index (χ2n) is 5.48. The van der Waals surface area contributed by atoms with E-state index in [-0.39, 0.29) is 0 Å². The molecule has 0 saturated heterocycles. The molecule has 18 heavy (non-hydrogen) atoms. The molecule has 3 heteroatoms. The van der Waals surface area contributed by atoms with Crippen molar-refractivity contribution in [3.8, 4) is 0 Å². The lowest BCUT2D eigenvalue weighted by Crippen LogP contribution is -2.27. The fourth-order valence-electron chi connectivity index (χ4n) is 2.12. The van der Waals surface area contributed by atoms with Gasteiger partial charge in [0.25, 0.3) is 0 Å². The summed E-state index contributed by atoms with van der Waals surface area (Å²) in [6.07, 6.45) is 5.86. The molecule has 0 spiro atoms. The number of aromatic nitrogens is 1. The molecule has 0 atom stereocenters.